The first-order valence-electron chi connectivity index (χ1n) is 2.75. The average molecular weight is 228 g/mol. The molecule has 0 unspecified atom stereocenters. The molecule has 0 aromatic carbocycles. The van der Waals surface area contributed by atoms with Crippen molar-refractivity contribution in [3.8, 4) is 0 Å². The Labute approximate surface area is 77.5 Å². The Bertz CT molecular complexity index is 450. The third-order valence-corrected chi connectivity index (χ3v) is 2.78. The SMILES string of the molecule is O=c1ccc(Cl)c(S(=O)(=O)Cl)[nH]1. The van der Waals surface area contributed by atoms with Crippen LogP contribution in [0.5, 0.6) is 0 Å². The molecule has 1 N–H and O–H groups in total. The molecule has 0 saturated carbocycles. The Morgan fingerprint density at radius 3 is 2.33 bits per heavy atom. The summed E-state index contributed by atoms with van der Waals surface area (Å²) in [7, 11) is 0.982. The fourth-order valence-corrected chi connectivity index (χ4v) is 2.04. The van der Waals surface area contributed by atoms with Gasteiger partial charge in [-0.05, 0) is 6.07 Å². The minimum absolute atomic E-state index is 0.107. The second-order valence-corrected chi connectivity index (χ2v) is 4.85. The molecule has 1 aromatic heterocycles. The number of hydrogen-bond acceptors (Lipinski definition) is 3. The lowest BCUT2D eigenvalue weighted by Gasteiger charge is -1.96. The van der Waals surface area contributed by atoms with Gasteiger partial charge in [0.2, 0.25) is 5.56 Å². The van der Waals surface area contributed by atoms with E-state index < -0.39 is 19.6 Å². The maximum atomic E-state index is 10.7. The Balaban J connectivity index is 3.54. The predicted molar refractivity (Wildman–Crippen MR) is 45.1 cm³/mol. The number of aromatic nitrogens is 1. The van der Waals surface area contributed by atoms with E-state index in [1.165, 1.54) is 0 Å². The van der Waals surface area contributed by atoms with Crippen LogP contribution < -0.4 is 5.56 Å². The van der Waals surface area contributed by atoms with E-state index in [0.717, 1.165) is 12.1 Å². The van der Waals surface area contributed by atoms with E-state index in [0.29, 0.717) is 0 Å². The van der Waals surface area contributed by atoms with Crippen molar-refractivity contribution in [2.45, 2.75) is 5.03 Å². The number of halogens is 2. The maximum Gasteiger partial charge on any atom is 0.278 e. The lowest BCUT2D eigenvalue weighted by atomic mass is 10.5. The Morgan fingerprint density at radius 2 is 1.92 bits per heavy atom. The summed E-state index contributed by atoms with van der Waals surface area (Å²) in [5.74, 6) is 0. The van der Waals surface area contributed by atoms with Crippen molar-refractivity contribution in [3.05, 3.63) is 27.5 Å². The van der Waals surface area contributed by atoms with Gasteiger partial charge in [-0.25, -0.2) is 8.42 Å². The molecule has 12 heavy (non-hydrogen) atoms. The van der Waals surface area contributed by atoms with Crippen LogP contribution in [0, 0.1) is 0 Å². The Hall–Kier alpha value is -0.520. The predicted octanol–water partition coefficient (Wildman–Crippen LogP) is 0.956. The topological polar surface area (TPSA) is 67.0 Å². The van der Waals surface area contributed by atoms with E-state index in [-0.39, 0.29) is 5.02 Å². The van der Waals surface area contributed by atoms with Crippen LogP contribution in [0.4, 0.5) is 0 Å². The Morgan fingerprint density at radius 1 is 1.33 bits per heavy atom. The quantitative estimate of drug-likeness (QED) is 0.727. The van der Waals surface area contributed by atoms with Crippen LogP contribution in [0.2, 0.25) is 5.02 Å². The van der Waals surface area contributed by atoms with Gasteiger partial charge in [0.1, 0.15) is 0 Å². The maximum absolute atomic E-state index is 10.7. The van der Waals surface area contributed by atoms with E-state index in [9.17, 15) is 13.2 Å². The number of H-pyrrole nitrogens is 1. The zero-order chi connectivity index (χ0) is 9.35. The summed E-state index contributed by atoms with van der Waals surface area (Å²) in [6.07, 6.45) is 0. The largest absolute Gasteiger partial charge is 0.311 e. The molecule has 0 atom stereocenters. The van der Waals surface area contributed by atoms with E-state index in [2.05, 4.69) is 0 Å². The van der Waals surface area contributed by atoms with Crippen molar-refractivity contribution in [2.24, 2.45) is 0 Å². The normalized spacial score (nSPS) is 11.5. The van der Waals surface area contributed by atoms with E-state index in [1.54, 1.807) is 0 Å². The molecule has 1 heterocycles. The van der Waals surface area contributed by atoms with Crippen molar-refractivity contribution in [1.29, 1.82) is 0 Å². The summed E-state index contributed by atoms with van der Waals surface area (Å²) in [6, 6.07) is 2.27. The lowest BCUT2D eigenvalue weighted by molar-refractivity contribution is 0.606. The summed E-state index contributed by atoms with van der Waals surface area (Å²) in [5.41, 5.74) is -0.571. The minimum Gasteiger partial charge on any atom is -0.311 e. The number of aromatic amines is 1. The molecule has 0 bridgehead atoms. The number of hydrogen-bond donors (Lipinski definition) is 1. The van der Waals surface area contributed by atoms with Gasteiger partial charge in [0.25, 0.3) is 9.05 Å². The summed E-state index contributed by atoms with van der Waals surface area (Å²) < 4.78 is 21.4. The van der Waals surface area contributed by atoms with Gasteiger partial charge in [-0.1, -0.05) is 11.6 Å². The highest BCUT2D eigenvalue weighted by atomic mass is 35.7. The van der Waals surface area contributed by atoms with Crippen LogP contribution in [0.3, 0.4) is 0 Å². The van der Waals surface area contributed by atoms with Gasteiger partial charge in [0.05, 0.1) is 5.02 Å². The van der Waals surface area contributed by atoms with E-state index in [1.807, 2.05) is 4.98 Å². The van der Waals surface area contributed by atoms with Crippen molar-refractivity contribution >= 4 is 31.3 Å². The molecule has 4 nitrogen and oxygen atoms in total. The summed E-state index contributed by atoms with van der Waals surface area (Å²) in [5, 5.41) is -0.581. The second kappa shape index (κ2) is 3.08. The number of rotatable bonds is 1. The number of pyridine rings is 1. The molecule has 7 heteroatoms. The first kappa shape index (κ1) is 9.57. The van der Waals surface area contributed by atoms with Crippen LogP contribution >= 0.6 is 22.3 Å². The van der Waals surface area contributed by atoms with Gasteiger partial charge in [-0.15, -0.1) is 0 Å². The molecule has 0 aliphatic rings. The average Bonchev–Trinajstić information content (AvgIpc) is 1.92. The molecule has 0 saturated heterocycles. The number of nitrogens with one attached hydrogen (secondary N) is 1. The zero-order valence-corrected chi connectivity index (χ0v) is 7.87. The van der Waals surface area contributed by atoms with Gasteiger partial charge >= 0.3 is 0 Å². The zero-order valence-electron chi connectivity index (χ0n) is 5.54. The van der Waals surface area contributed by atoms with Crippen molar-refractivity contribution in [3.63, 3.8) is 0 Å². The minimum atomic E-state index is -3.97. The van der Waals surface area contributed by atoms with Crippen LogP contribution in [-0.4, -0.2) is 13.4 Å². The molecular weight excluding hydrogens is 225 g/mol. The fourth-order valence-electron chi connectivity index (χ4n) is 0.615. The van der Waals surface area contributed by atoms with Crippen molar-refractivity contribution in [2.75, 3.05) is 0 Å². The molecule has 0 spiro atoms. The highest BCUT2D eigenvalue weighted by Gasteiger charge is 2.15. The first-order valence-corrected chi connectivity index (χ1v) is 5.43. The third kappa shape index (κ3) is 2.00. The van der Waals surface area contributed by atoms with Gasteiger partial charge < -0.3 is 4.98 Å². The van der Waals surface area contributed by atoms with Gasteiger partial charge in [-0.3, -0.25) is 4.79 Å². The Kier molecular flexibility index (Phi) is 2.46. The highest BCUT2D eigenvalue weighted by molar-refractivity contribution is 8.13. The molecule has 1 rings (SSSR count). The van der Waals surface area contributed by atoms with Crippen LogP contribution in [-0.2, 0) is 9.05 Å². The molecule has 66 valence electrons. The van der Waals surface area contributed by atoms with Gasteiger partial charge in [0, 0.05) is 16.7 Å². The molecule has 0 aliphatic carbocycles. The summed E-state index contributed by atoms with van der Waals surface area (Å²) in [4.78, 5) is 12.7. The first-order chi connectivity index (χ1) is 5.41. The monoisotopic (exact) mass is 227 g/mol. The van der Waals surface area contributed by atoms with Crippen LogP contribution in [0.15, 0.2) is 22.0 Å². The molecule has 0 fully saturated rings. The smallest absolute Gasteiger partial charge is 0.278 e. The molecule has 1 aromatic rings. The highest BCUT2D eigenvalue weighted by Crippen LogP contribution is 2.19. The molecular formula is C5H3Cl2NO3S. The van der Waals surface area contributed by atoms with Crippen molar-refractivity contribution in [1.82, 2.24) is 4.98 Å². The molecule has 0 radical (unpaired) electrons. The third-order valence-electron chi connectivity index (χ3n) is 1.08. The van der Waals surface area contributed by atoms with Crippen LogP contribution in [0.25, 0.3) is 0 Å². The van der Waals surface area contributed by atoms with Crippen LogP contribution in [0.1, 0.15) is 0 Å². The fraction of sp³-hybridized carbons (Fsp3) is 0. The van der Waals surface area contributed by atoms with E-state index >= 15 is 0 Å². The molecule has 0 aliphatic heterocycles. The van der Waals surface area contributed by atoms with Gasteiger partial charge in [0.15, 0.2) is 5.03 Å². The lowest BCUT2D eigenvalue weighted by Crippen LogP contribution is -2.08. The standard InChI is InChI=1S/C5H3Cl2NO3S/c6-3-1-2-4(9)8-5(3)12(7,10)11/h1-2H,(H,8,9). The summed E-state index contributed by atoms with van der Waals surface area (Å²) in [6.45, 7) is 0. The van der Waals surface area contributed by atoms with Crippen molar-refractivity contribution < 1.29 is 8.42 Å². The van der Waals surface area contributed by atoms with E-state index in [4.69, 9.17) is 22.3 Å². The molecule has 0 amide bonds. The second-order valence-electron chi connectivity index (χ2n) is 1.94. The van der Waals surface area contributed by atoms with Gasteiger partial charge in [-0.2, -0.15) is 0 Å². The summed E-state index contributed by atoms with van der Waals surface area (Å²) >= 11 is 5.45.